The molecule has 0 spiro atoms. The van der Waals surface area contributed by atoms with E-state index in [2.05, 4.69) is 63.6 Å². The van der Waals surface area contributed by atoms with Crippen LogP contribution in [0.5, 0.6) is 5.75 Å². The van der Waals surface area contributed by atoms with Gasteiger partial charge in [-0.05, 0) is 77.9 Å². The molecule has 0 bridgehead atoms. The zero-order chi connectivity index (χ0) is 45.3. The van der Waals surface area contributed by atoms with E-state index < -0.39 is 30.5 Å². The molecule has 5 aromatic rings. The van der Waals surface area contributed by atoms with E-state index >= 15 is 0 Å². The number of methoxy groups -OCH3 is 3. The average molecular weight is 865 g/mol. The number of aliphatic hydroxyl groups is 1. The third-order valence-electron chi connectivity index (χ3n) is 12.5. The first-order valence-corrected chi connectivity index (χ1v) is 21.6. The number of alkyl carbamates (subject to hydrolysis) is 2. The summed E-state index contributed by atoms with van der Waals surface area (Å²) in [5, 5.41) is 19.3. The number of hydrogen-bond acceptors (Lipinski definition) is 11. The molecule has 1 saturated heterocycles. The minimum absolute atomic E-state index is 0.0712. The van der Waals surface area contributed by atoms with Gasteiger partial charge in [0.15, 0.2) is 0 Å². The van der Waals surface area contributed by atoms with E-state index in [0.717, 1.165) is 61.9 Å². The highest BCUT2D eigenvalue weighted by molar-refractivity contribution is 6.07. The Labute approximate surface area is 367 Å². The van der Waals surface area contributed by atoms with Gasteiger partial charge >= 0.3 is 12.2 Å². The number of ether oxygens (including phenoxy) is 4. The van der Waals surface area contributed by atoms with Gasteiger partial charge < -0.3 is 49.6 Å². The summed E-state index contributed by atoms with van der Waals surface area (Å²) >= 11 is 0. The number of H-pyrrole nitrogens is 2. The van der Waals surface area contributed by atoms with Crippen LogP contribution in [0.25, 0.3) is 44.2 Å². The van der Waals surface area contributed by atoms with Crippen LogP contribution >= 0.6 is 0 Å². The molecule has 63 heavy (non-hydrogen) atoms. The number of aromatic nitrogens is 4. The molecule has 3 amide bonds. The van der Waals surface area contributed by atoms with Crippen molar-refractivity contribution in [3.05, 3.63) is 78.2 Å². The van der Waals surface area contributed by atoms with Crippen LogP contribution in [0.15, 0.2) is 61.0 Å². The summed E-state index contributed by atoms with van der Waals surface area (Å²) < 4.78 is 21.7. The predicted octanol–water partition coefficient (Wildman–Crippen LogP) is 7.57. The molecular formula is C47H60N8O8. The summed E-state index contributed by atoms with van der Waals surface area (Å²) in [4.78, 5) is 58.7. The van der Waals surface area contributed by atoms with Crippen molar-refractivity contribution in [2.75, 3.05) is 34.4 Å². The number of fused-ring (bicyclic) bond motifs is 6. The number of imidazole rings is 2. The van der Waals surface area contributed by atoms with Gasteiger partial charge in [-0.15, -0.1) is 0 Å². The fourth-order valence-electron chi connectivity index (χ4n) is 8.90. The minimum Gasteiger partial charge on any atom is -0.501 e. The maximum Gasteiger partial charge on any atom is 0.407 e. The third kappa shape index (κ3) is 8.91. The number of carbonyl (C=O) groups is 3. The Bertz CT molecular complexity index is 2500. The van der Waals surface area contributed by atoms with Crippen LogP contribution in [0.3, 0.4) is 0 Å². The molecule has 2 aliphatic rings. The molecule has 0 radical (unpaired) electrons. The van der Waals surface area contributed by atoms with Gasteiger partial charge in [-0.25, -0.2) is 19.6 Å². The smallest absolute Gasteiger partial charge is 0.407 e. The minimum atomic E-state index is -1.04. The number of amides is 3. The van der Waals surface area contributed by atoms with Crippen LogP contribution < -0.4 is 15.4 Å². The summed E-state index contributed by atoms with van der Waals surface area (Å²) in [5.74, 6) is 2.19. The van der Waals surface area contributed by atoms with E-state index in [9.17, 15) is 19.5 Å². The number of nitrogens with one attached hydrogen (secondary N) is 4. The molecular weight excluding hydrogens is 805 g/mol. The van der Waals surface area contributed by atoms with Crippen LogP contribution in [-0.4, -0.2) is 106 Å². The van der Waals surface area contributed by atoms with Crippen molar-refractivity contribution in [2.24, 2.45) is 17.8 Å². The normalized spacial score (nSPS) is 18.0. The molecule has 16 nitrogen and oxygen atoms in total. The van der Waals surface area contributed by atoms with Gasteiger partial charge in [0.25, 0.3) is 0 Å². The Morgan fingerprint density at radius 1 is 0.968 bits per heavy atom. The van der Waals surface area contributed by atoms with Gasteiger partial charge in [-0.3, -0.25) is 9.69 Å². The molecule has 2 aliphatic heterocycles. The molecule has 1 fully saturated rings. The number of carbonyl (C=O) groups excluding carboxylic acids is 3. The van der Waals surface area contributed by atoms with Crippen molar-refractivity contribution in [2.45, 2.75) is 91.4 Å². The molecule has 336 valence electrons. The predicted molar refractivity (Wildman–Crippen MR) is 239 cm³/mol. The number of hydrogen-bond donors (Lipinski definition) is 5. The monoisotopic (exact) mass is 864 g/mol. The van der Waals surface area contributed by atoms with E-state index in [1.165, 1.54) is 14.2 Å². The highest BCUT2D eigenvalue weighted by Gasteiger charge is 2.43. The fraction of sp³-hybridized carbons (Fsp3) is 0.468. The molecule has 5 N–H and O–H groups in total. The first-order valence-electron chi connectivity index (χ1n) is 21.6. The van der Waals surface area contributed by atoms with Crippen LogP contribution in [0.1, 0.15) is 83.7 Å². The number of likely N-dealkylation sites (tertiary alicyclic amines) is 1. The number of benzene rings is 3. The third-order valence-corrected chi connectivity index (χ3v) is 12.5. The second-order valence-corrected chi connectivity index (χ2v) is 17.2. The lowest BCUT2D eigenvalue weighted by Crippen LogP contribution is -2.54. The molecule has 16 heteroatoms. The maximum absolute atomic E-state index is 13.8. The summed E-state index contributed by atoms with van der Waals surface area (Å²) in [6, 6.07) is 12.5. The Morgan fingerprint density at radius 3 is 2.40 bits per heavy atom. The lowest BCUT2D eigenvalue weighted by Gasteiger charge is -2.35. The van der Waals surface area contributed by atoms with E-state index in [1.54, 1.807) is 18.2 Å². The number of nitrogens with zero attached hydrogens (tertiary/aromatic N) is 4. The highest BCUT2D eigenvalue weighted by atomic mass is 16.5. The maximum atomic E-state index is 13.8. The average Bonchev–Trinajstić information content (AvgIpc) is 4.06. The molecule has 0 aliphatic carbocycles. The summed E-state index contributed by atoms with van der Waals surface area (Å²) in [6.45, 7) is 17.0. The molecule has 0 saturated carbocycles. The van der Waals surface area contributed by atoms with Gasteiger partial charge in [0.05, 0.1) is 68.1 Å². The molecule has 2 aromatic heterocycles. The van der Waals surface area contributed by atoms with Gasteiger partial charge in [0.1, 0.15) is 36.3 Å². The second kappa shape index (κ2) is 18.7. The summed E-state index contributed by atoms with van der Waals surface area (Å²) in [6.07, 6.45) is 0.820. The van der Waals surface area contributed by atoms with Gasteiger partial charge in [0.2, 0.25) is 5.91 Å². The van der Waals surface area contributed by atoms with Crippen molar-refractivity contribution in [1.29, 1.82) is 0 Å². The molecule has 3 aromatic carbocycles. The Morgan fingerprint density at radius 2 is 1.71 bits per heavy atom. The van der Waals surface area contributed by atoms with Crippen molar-refractivity contribution >= 4 is 39.9 Å². The fourth-order valence-corrected chi connectivity index (χ4v) is 8.90. The van der Waals surface area contributed by atoms with Gasteiger partial charge in [-0.1, -0.05) is 59.4 Å². The number of aliphatic hydroxyl groups excluding tert-OH is 1. The molecule has 6 unspecified atom stereocenters. The standard InChI is InChI=1S/C47H60N8O8/c1-11-16-54(44(56)39(24(2)3)52-46(58)61-9)26(6)42-48-21-36(50-42)29-12-14-32-31(17-29)23-63-38-20-33-28(18-34(32)38)13-15-35-41(33)51-43(49-35)37-19-30(27(7)60-8)22-55(37)45(57)40(25(4)5)53-47(59)62-10/h12-15,17-18,20-21,24-26,30,37,39-40,45,57H,7,11,16,19,22-23H2,1-6,8-10H3,(H,48,50)(H,49,51)(H,52,58)(H,53,59). The van der Waals surface area contributed by atoms with E-state index in [0.29, 0.717) is 43.5 Å². The zero-order valence-corrected chi connectivity index (χ0v) is 37.6. The molecule has 7 rings (SSSR count). The highest BCUT2D eigenvalue weighted by Crippen LogP contribution is 2.44. The lowest BCUT2D eigenvalue weighted by molar-refractivity contribution is -0.136. The summed E-state index contributed by atoms with van der Waals surface area (Å²) in [5.41, 5.74) is 6.44. The second-order valence-electron chi connectivity index (χ2n) is 17.2. The van der Waals surface area contributed by atoms with Crippen molar-refractivity contribution < 1.29 is 38.4 Å². The van der Waals surface area contributed by atoms with Crippen molar-refractivity contribution in [3.8, 4) is 28.1 Å². The van der Waals surface area contributed by atoms with Gasteiger partial charge in [-0.2, -0.15) is 0 Å². The Balaban J connectivity index is 1.15. The van der Waals surface area contributed by atoms with Crippen LogP contribution in [0, 0.1) is 17.8 Å². The topological polar surface area (TPSA) is 196 Å². The van der Waals surface area contributed by atoms with E-state index in [-0.39, 0.29) is 35.7 Å². The van der Waals surface area contributed by atoms with Crippen molar-refractivity contribution in [3.63, 3.8) is 0 Å². The first kappa shape index (κ1) is 44.9. The van der Waals surface area contributed by atoms with E-state index in [4.69, 9.17) is 28.9 Å². The lowest BCUT2D eigenvalue weighted by atomic mass is 9.92. The molecule has 4 heterocycles. The Kier molecular flexibility index (Phi) is 13.3. The zero-order valence-electron chi connectivity index (χ0n) is 37.6. The first-order chi connectivity index (χ1) is 30.2. The van der Waals surface area contributed by atoms with Crippen LogP contribution in [0.2, 0.25) is 0 Å². The van der Waals surface area contributed by atoms with Crippen molar-refractivity contribution in [1.82, 2.24) is 40.4 Å². The van der Waals surface area contributed by atoms with Crippen LogP contribution in [0.4, 0.5) is 9.59 Å². The molecule has 6 atom stereocenters. The summed E-state index contributed by atoms with van der Waals surface area (Å²) in [7, 11) is 4.19. The SMILES string of the molecule is C=C(OC)C1CC(c2nc3c(ccc4cc5c(cc43)OCc3cc(-c4cnc(C(C)N(CCC)C(=O)C(NC(=O)OC)C(C)C)[nH]4)ccc3-5)[nH]2)N(C(O)C(NC(=O)OC)C(C)C)C1. The Hall–Kier alpha value is -6.13. The van der Waals surface area contributed by atoms with E-state index in [1.807, 2.05) is 52.5 Å². The van der Waals surface area contributed by atoms with Crippen LogP contribution in [-0.2, 0) is 25.6 Å². The number of rotatable bonds is 15. The number of aromatic amines is 2. The van der Waals surface area contributed by atoms with Gasteiger partial charge in [0, 0.05) is 30.0 Å². The quantitative estimate of drug-likeness (QED) is 0.0652. The largest absolute Gasteiger partial charge is 0.501 e.